The first-order valence-electron chi connectivity index (χ1n) is 14.1. The Kier molecular flexibility index (Phi) is 9.84. The minimum absolute atomic E-state index is 0.0327. The number of aromatic amines is 2. The van der Waals surface area contributed by atoms with Crippen LogP contribution in [0.2, 0.25) is 5.02 Å². The topological polar surface area (TPSA) is 189 Å². The molecule has 7 rings (SSSR count). The lowest BCUT2D eigenvalue weighted by molar-refractivity contribution is 0.488. The van der Waals surface area contributed by atoms with Crippen LogP contribution in [-0.4, -0.2) is 86.3 Å². The largest absolute Gasteiger partial charge is 0.368 e. The number of nitrogens with zero attached hydrogens (tertiary/aromatic N) is 2. The maximum atomic E-state index is 9.19. The highest BCUT2D eigenvalue weighted by Gasteiger charge is 2.24. The fraction of sp³-hybridized carbons (Fsp3) is 0.226. The molecule has 0 atom stereocenters. The number of H-pyrrole nitrogens is 2. The van der Waals surface area contributed by atoms with E-state index in [0.29, 0.717) is 12.5 Å². The molecule has 0 amide bonds. The number of nitrogens with one attached hydrogen (secondary N) is 4. The van der Waals surface area contributed by atoms with Gasteiger partial charge in [-0.3, -0.25) is 19.1 Å². The van der Waals surface area contributed by atoms with Gasteiger partial charge >= 0.3 is 0 Å². The van der Waals surface area contributed by atoms with E-state index in [1.54, 1.807) is 0 Å². The molecule has 0 aliphatic carbocycles. The van der Waals surface area contributed by atoms with E-state index >= 15 is 0 Å². The summed E-state index contributed by atoms with van der Waals surface area (Å²) in [5.41, 5.74) is 8.08. The first-order chi connectivity index (χ1) is 21.7. The molecule has 2 aliphatic heterocycles. The van der Waals surface area contributed by atoms with E-state index in [9.17, 15) is 16.8 Å². The Morgan fingerprint density at radius 2 is 1.11 bits per heavy atom. The van der Waals surface area contributed by atoms with Gasteiger partial charge in [0.05, 0.1) is 25.6 Å². The second-order valence-electron chi connectivity index (χ2n) is 10.8. The standard InChI is InChI=1S/C29H25ClN6.2CH4O3S/c30-20-5-1-17(2-6-20)27(23-15-35-25-13-18(3-7-21(23)25)28-31-9-10-32-28)24-16-36-26-14-19(4-8-22(24)26)29-33-11-12-34-29;2*1-5(2,3)4/h1-8,13-16,27,35-36H,9-12H2,(H,31,32)(H,33,34);2*1H3,(H,2,3,4). The third kappa shape index (κ3) is 8.53. The molecule has 3 aromatic carbocycles. The van der Waals surface area contributed by atoms with Crippen molar-refractivity contribution < 1.29 is 25.9 Å². The second-order valence-corrected chi connectivity index (χ2v) is 14.1. The summed E-state index contributed by atoms with van der Waals surface area (Å²) in [6, 6.07) is 21.3. The van der Waals surface area contributed by atoms with Crippen molar-refractivity contribution in [3.8, 4) is 0 Å². The SMILES string of the molecule is CS(=O)(=O)O.CS(=O)(=O)O.Clc1ccc(C(c2c[nH]c3cc(C4=NCCN4)ccc23)c2c[nH]c3cc(C4=NCCN4)ccc23)cc1. The molecule has 0 spiro atoms. The van der Waals surface area contributed by atoms with Gasteiger partial charge in [-0.25, -0.2) is 0 Å². The van der Waals surface area contributed by atoms with Crippen molar-refractivity contribution >= 4 is 65.3 Å². The molecule has 12 nitrogen and oxygen atoms in total. The normalized spacial score (nSPS) is 14.6. The Morgan fingerprint density at radius 3 is 1.48 bits per heavy atom. The second kappa shape index (κ2) is 13.6. The fourth-order valence-electron chi connectivity index (χ4n) is 5.43. The lowest BCUT2D eigenvalue weighted by atomic mass is 9.84. The summed E-state index contributed by atoms with van der Waals surface area (Å²) in [4.78, 5) is 16.2. The number of hydrogen-bond acceptors (Lipinski definition) is 8. The number of hydrogen-bond donors (Lipinski definition) is 6. The van der Waals surface area contributed by atoms with Crippen LogP contribution in [0.5, 0.6) is 0 Å². The van der Waals surface area contributed by atoms with Crippen LogP contribution in [0.25, 0.3) is 21.8 Å². The van der Waals surface area contributed by atoms with E-state index < -0.39 is 20.2 Å². The highest BCUT2D eigenvalue weighted by molar-refractivity contribution is 7.85. The average Bonchev–Trinajstić information content (AvgIpc) is 3.80. The highest BCUT2D eigenvalue weighted by Crippen LogP contribution is 2.40. The first kappa shape index (κ1) is 33.2. The predicted molar refractivity (Wildman–Crippen MR) is 183 cm³/mol. The van der Waals surface area contributed by atoms with E-state index in [2.05, 4.69) is 91.5 Å². The number of benzene rings is 3. The van der Waals surface area contributed by atoms with Crippen LogP contribution in [0.4, 0.5) is 0 Å². The summed E-state index contributed by atoms with van der Waals surface area (Å²) in [5, 5.41) is 9.88. The molecule has 15 heteroatoms. The van der Waals surface area contributed by atoms with Gasteiger partial charge in [0, 0.05) is 69.4 Å². The molecule has 0 saturated heterocycles. The average molecular weight is 685 g/mol. The lowest BCUT2D eigenvalue weighted by Gasteiger charge is -2.18. The Bertz CT molecular complexity index is 2010. The maximum Gasteiger partial charge on any atom is 0.261 e. The predicted octanol–water partition coefficient (Wildman–Crippen LogP) is 4.19. The van der Waals surface area contributed by atoms with Crippen molar-refractivity contribution in [3.05, 3.63) is 106 Å². The smallest absolute Gasteiger partial charge is 0.261 e. The molecule has 0 fully saturated rings. The maximum absolute atomic E-state index is 9.19. The Balaban J connectivity index is 0.000000366. The molecule has 0 saturated carbocycles. The molecule has 46 heavy (non-hydrogen) atoms. The van der Waals surface area contributed by atoms with Gasteiger partial charge in [0.2, 0.25) is 0 Å². The third-order valence-corrected chi connectivity index (χ3v) is 7.40. The zero-order valence-corrected chi connectivity index (χ0v) is 27.3. The molecule has 4 heterocycles. The Hall–Kier alpha value is -4.21. The number of amidine groups is 2. The number of aliphatic imine (C=N–C) groups is 2. The zero-order valence-electron chi connectivity index (χ0n) is 25.0. The highest BCUT2D eigenvalue weighted by atomic mass is 35.5. The molecular weight excluding hydrogens is 652 g/mol. The summed E-state index contributed by atoms with van der Waals surface area (Å²) in [7, 11) is -7.33. The molecule has 2 aromatic heterocycles. The number of rotatable bonds is 5. The van der Waals surface area contributed by atoms with Gasteiger partial charge in [0.15, 0.2) is 0 Å². The summed E-state index contributed by atoms with van der Waals surface area (Å²) in [6.45, 7) is 3.45. The van der Waals surface area contributed by atoms with Gasteiger partial charge in [-0.1, -0.05) is 48.0 Å². The zero-order chi connectivity index (χ0) is 33.1. The van der Waals surface area contributed by atoms with Gasteiger partial charge in [-0.2, -0.15) is 16.8 Å². The minimum Gasteiger partial charge on any atom is -0.368 e. The third-order valence-electron chi connectivity index (χ3n) is 7.15. The Labute approximate surface area is 271 Å². The van der Waals surface area contributed by atoms with E-state index in [-0.39, 0.29) is 5.92 Å². The van der Waals surface area contributed by atoms with Crippen LogP contribution in [-0.2, 0) is 20.2 Å². The quantitative estimate of drug-likeness (QED) is 0.149. The molecule has 0 bridgehead atoms. The van der Waals surface area contributed by atoms with E-state index in [0.717, 1.165) is 65.0 Å². The van der Waals surface area contributed by atoms with Crippen LogP contribution in [0.3, 0.4) is 0 Å². The lowest BCUT2D eigenvalue weighted by Crippen LogP contribution is -2.19. The van der Waals surface area contributed by atoms with Crippen molar-refractivity contribution in [1.82, 2.24) is 20.6 Å². The van der Waals surface area contributed by atoms with Gasteiger partial charge < -0.3 is 20.6 Å². The minimum atomic E-state index is -3.67. The van der Waals surface area contributed by atoms with E-state index in [1.807, 2.05) is 12.1 Å². The van der Waals surface area contributed by atoms with Gasteiger partial charge in [0.25, 0.3) is 20.2 Å². The van der Waals surface area contributed by atoms with Crippen LogP contribution in [0.15, 0.2) is 83.0 Å². The number of halogens is 1. The van der Waals surface area contributed by atoms with Crippen molar-refractivity contribution in [2.24, 2.45) is 9.98 Å². The fourth-order valence-corrected chi connectivity index (χ4v) is 5.56. The van der Waals surface area contributed by atoms with Crippen molar-refractivity contribution in [2.45, 2.75) is 5.92 Å². The van der Waals surface area contributed by atoms with Crippen LogP contribution in [0.1, 0.15) is 33.7 Å². The molecule has 6 N–H and O–H groups in total. The summed E-state index contributed by atoms with van der Waals surface area (Å²) >= 11 is 6.27. The number of aromatic nitrogens is 2. The summed E-state index contributed by atoms with van der Waals surface area (Å²) < 4.78 is 51.7. The number of fused-ring (bicyclic) bond motifs is 2. The molecule has 2 aliphatic rings. The summed E-state index contributed by atoms with van der Waals surface area (Å²) in [6.07, 6.45) is 5.71. The van der Waals surface area contributed by atoms with Crippen molar-refractivity contribution in [1.29, 1.82) is 0 Å². The molecular formula is C31H33ClN6O6S2. The molecule has 0 radical (unpaired) electrons. The first-order valence-corrected chi connectivity index (χ1v) is 18.2. The monoisotopic (exact) mass is 684 g/mol. The van der Waals surface area contributed by atoms with Crippen molar-refractivity contribution in [2.75, 3.05) is 38.7 Å². The van der Waals surface area contributed by atoms with Crippen LogP contribution in [0, 0.1) is 0 Å². The van der Waals surface area contributed by atoms with Gasteiger partial charge in [-0.05, 0) is 41.0 Å². The molecule has 0 unspecified atom stereocenters. The van der Waals surface area contributed by atoms with Crippen molar-refractivity contribution in [3.63, 3.8) is 0 Å². The van der Waals surface area contributed by atoms with E-state index in [1.165, 1.54) is 27.5 Å². The van der Waals surface area contributed by atoms with Crippen LogP contribution < -0.4 is 10.6 Å². The van der Waals surface area contributed by atoms with E-state index in [4.69, 9.17) is 20.7 Å². The van der Waals surface area contributed by atoms with Gasteiger partial charge in [-0.15, -0.1) is 0 Å². The molecule has 5 aromatic rings. The summed E-state index contributed by atoms with van der Waals surface area (Å²) in [5.74, 6) is 1.97. The van der Waals surface area contributed by atoms with Gasteiger partial charge in [0.1, 0.15) is 11.7 Å². The molecule has 242 valence electrons. The Morgan fingerprint density at radius 1 is 0.696 bits per heavy atom. The van der Waals surface area contributed by atoms with Crippen LogP contribution >= 0.6 is 11.6 Å².